The summed E-state index contributed by atoms with van der Waals surface area (Å²) in [5.74, 6) is 0.585. The van der Waals surface area contributed by atoms with E-state index in [4.69, 9.17) is 5.73 Å². The van der Waals surface area contributed by atoms with E-state index in [1.165, 1.54) is 11.1 Å². The summed E-state index contributed by atoms with van der Waals surface area (Å²) in [6.45, 7) is 8.22. The van der Waals surface area contributed by atoms with Gasteiger partial charge < -0.3 is 5.73 Å². The Bertz CT molecular complexity index is 518. The van der Waals surface area contributed by atoms with E-state index in [-0.39, 0.29) is 0 Å². The fourth-order valence-electron chi connectivity index (χ4n) is 2.12. The molecule has 0 saturated heterocycles. The average Bonchev–Trinajstić information content (AvgIpc) is 2.82. The summed E-state index contributed by atoms with van der Waals surface area (Å²) >= 11 is 0. The first kappa shape index (κ1) is 13.6. The zero-order chi connectivity index (χ0) is 13.7. The van der Waals surface area contributed by atoms with Crippen LogP contribution in [-0.4, -0.2) is 27.8 Å². The van der Waals surface area contributed by atoms with E-state index in [1.807, 2.05) is 16.9 Å². The Kier molecular flexibility index (Phi) is 4.58. The number of likely N-dealkylation sites (N-methyl/N-ethyl adjacent to an activating group) is 1. The van der Waals surface area contributed by atoms with Crippen LogP contribution in [0.5, 0.6) is 0 Å². The predicted molar refractivity (Wildman–Crippen MR) is 78.8 cm³/mol. The second-order valence-corrected chi connectivity index (χ2v) is 4.80. The lowest BCUT2D eigenvalue weighted by Crippen LogP contribution is -2.27. The molecular formula is C15H22N4. The minimum absolute atomic E-state index is 0.585. The largest absolute Gasteiger partial charge is 0.382 e. The average molecular weight is 258 g/mol. The van der Waals surface area contributed by atoms with Crippen LogP contribution in [0, 0.1) is 6.92 Å². The second kappa shape index (κ2) is 6.38. The Morgan fingerprint density at radius 2 is 2.05 bits per heavy atom. The molecule has 0 amide bonds. The van der Waals surface area contributed by atoms with E-state index in [0.717, 1.165) is 26.2 Å². The molecule has 2 aromatic rings. The van der Waals surface area contributed by atoms with E-state index in [9.17, 15) is 0 Å². The highest BCUT2D eigenvalue weighted by atomic mass is 15.3. The van der Waals surface area contributed by atoms with Crippen molar-refractivity contribution in [2.24, 2.45) is 0 Å². The van der Waals surface area contributed by atoms with Crippen molar-refractivity contribution < 1.29 is 0 Å². The Balaban J connectivity index is 1.92. The van der Waals surface area contributed by atoms with Crippen LogP contribution in [0.4, 0.5) is 5.82 Å². The fraction of sp³-hybridized carbons (Fsp3) is 0.400. The van der Waals surface area contributed by atoms with Crippen molar-refractivity contribution in [1.29, 1.82) is 0 Å². The molecule has 0 radical (unpaired) electrons. The van der Waals surface area contributed by atoms with Gasteiger partial charge in [0.1, 0.15) is 5.82 Å². The summed E-state index contributed by atoms with van der Waals surface area (Å²) < 4.78 is 1.90. The van der Waals surface area contributed by atoms with Gasteiger partial charge in [0, 0.05) is 19.3 Å². The molecule has 0 unspecified atom stereocenters. The third-order valence-electron chi connectivity index (χ3n) is 3.41. The summed E-state index contributed by atoms with van der Waals surface area (Å²) in [4.78, 5) is 2.42. The number of aromatic nitrogens is 2. The van der Waals surface area contributed by atoms with Gasteiger partial charge in [0.25, 0.3) is 0 Å². The summed E-state index contributed by atoms with van der Waals surface area (Å²) in [6.07, 6.45) is 1.93. The second-order valence-electron chi connectivity index (χ2n) is 4.80. The Morgan fingerprint density at radius 1 is 1.26 bits per heavy atom. The third-order valence-corrected chi connectivity index (χ3v) is 3.41. The molecular weight excluding hydrogens is 236 g/mol. The highest BCUT2D eigenvalue weighted by Gasteiger charge is 2.06. The van der Waals surface area contributed by atoms with E-state index >= 15 is 0 Å². The maximum Gasteiger partial charge on any atom is 0.145 e. The topological polar surface area (TPSA) is 47.1 Å². The van der Waals surface area contributed by atoms with E-state index in [1.54, 1.807) is 0 Å². The zero-order valence-electron chi connectivity index (χ0n) is 11.7. The molecule has 19 heavy (non-hydrogen) atoms. The Hall–Kier alpha value is -1.81. The molecule has 0 aliphatic rings. The maximum atomic E-state index is 5.62. The number of nitrogens with zero attached hydrogens (tertiary/aromatic N) is 3. The number of aryl methyl sites for hydroxylation is 1. The molecule has 2 rings (SSSR count). The first-order valence-electron chi connectivity index (χ1n) is 6.75. The van der Waals surface area contributed by atoms with Gasteiger partial charge in [-0.25, -0.2) is 0 Å². The van der Waals surface area contributed by atoms with Crippen molar-refractivity contribution in [3.05, 3.63) is 47.7 Å². The lowest BCUT2D eigenvalue weighted by molar-refractivity contribution is 0.263. The molecule has 1 aromatic carbocycles. The van der Waals surface area contributed by atoms with Gasteiger partial charge in [-0.2, -0.15) is 5.10 Å². The van der Waals surface area contributed by atoms with Gasteiger partial charge in [0.15, 0.2) is 0 Å². The molecule has 0 spiro atoms. The van der Waals surface area contributed by atoms with Crippen molar-refractivity contribution in [2.45, 2.75) is 26.9 Å². The molecule has 0 aliphatic heterocycles. The van der Waals surface area contributed by atoms with Crippen molar-refractivity contribution in [3.8, 4) is 0 Å². The number of anilines is 1. The SMILES string of the molecule is CCN(CCn1ccc(N)n1)Cc1ccccc1C. The highest BCUT2D eigenvalue weighted by molar-refractivity contribution is 5.25. The molecule has 4 heteroatoms. The standard InChI is InChI=1S/C15H22N4/c1-3-18(10-11-19-9-8-15(16)17-19)12-14-7-5-4-6-13(14)2/h4-9H,3,10-12H2,1-2H3,(H2,16,17). The first-order valence-corrected chi connectivity index (χ1v) is 6.75. The Morgan fingerprint density at radius 3 is 2.68 bits per heavy atom. The van der Waals surface area contributed by atoms with Crippen molar-refractivity contribution in [3.63, 3.8) is 0 Å². The van der Waals surface area contributed by atoms with Gasteiger partial charge in [0.2, 0.25) is 0 Å². The predicted octanol–water partition coefficient (Wildman–Crippen LogP) is 2.30. The quantitative estimate of drug-likeness (QED) is 0.865. The lowest BCUT2D eigenvalue weighted by Gasteiger charge is -2.21. The number of hydrogen-bond donors (Lipinski definition) is 1. The van der Waals surface area contributed by atoms with Gasteiger partial charge in [-0.15, -0.1) is 0 Å². The van der Waals surface area contributed by atoms with Crippen LogP contribution in [-0.2, 0) is 13.1 Å². The van der Waals surface area contributed by atoms with Gasteiger partial charge in [-0.05, 0) is 30.7 Å². The fourth-order valence-corrected chi connectivity index (χ4v) is 2.12. The van der Waals surface area contributed by atoms with Gasteiger partial charge in [0.05, 0.1) is 6.54 Å². The van der Waals surface area contributed by atoms with Crippen LogP contribution in [0.1, 0.15) is 18.1 Å². The molecule has 0 bridgehead atoms. The minimum Gasteiger partial charge on any atom is -0.382 e. The smallest absolute Gasteiger partial charge is 0.145 e. The van der Waals surface area contributed by atoms with E-state index in [0.29, 0.717) is 5.82 Å². The third kappa shape index (κ3) is 3.83. The van der Waals surface area contributed by atoms with Gasteiger partial charge >= 0.3 is 0 Å². The first-order chi connectivity index (χ1) is 9.19. The molecule has 1 aromatic heterocycles. The van der Waals surface area contributed by atoms with Crippen molar-refractivity contribution >= 4 is 5.82 Å². The Labute approximate surface area is 114 Å². The van der Waals surface area contributed by atoms with Crippen LogP contribution in [0.2, 0.25) is 0 Å². The monoisotopic (exact) mass is 258 g/mol. The van der Waals surface area contributed by atoms with Gasteiger partial charge in [-0.3, -0.25) is 9.58 Å². The van der Waals surface area contributed by atoms with Crippen LogP contribution in [0.15, 0.2) is 36.5 Å². The van der Waals surface area contributed by atoms with Crippen LogP contribution in [0.25, 0.3) is 0 Å². The number of hydrogen-bond acceptors (Lipinski definition) is 3. The molecule has 0 fully saturated rings. The molecule has 2 N–H and O–H groups in total. The maximum absolute atomic E-state index is 5.62. The summed E-state index contributed by atoms with van der Waals surface area (Å²) in [5, 5.41) is 4.21. The summed E-state index contributed by atoms with van der Waals surface area (Å²) in [6, 6.07) is 10.4. The molecule has 102 valence electrons. The normalized spacial score (nSPS) is 11.1. The summed E-state index contributed by atoms with van der Waals surface area (Å²) in [7, 11) is 0. The molecule has 0 atom stereocenters. The molecule has 1 heterocycles. The van der Waals surface area contributed by atoms with Crippen LogP contribution < -0.4 is 5.73 Å². The highest BCUT2D eigenvalue weighted by Crippen LogP contribution is 2.10. The van der Waals surface area contributed by atoms with Crippen LogP contribution in [0.3, 0.4) is 0 Å². The number of benzene rings is 1. The number of rotatable bonds is 6. The van der Waals surface area contributed by atoms with E-state index < -0.39 is 0 Å². The van der Waals surface area contributed by atoms with E-state index in [2.05, 4.69) is 48.1 Å². The molecule has 0 saturated carbocycles. The lowest BCUT2D eigenvalue weighted by atomic mass is 10.1. The van der Waals surface area contributed by atoms with Crippen molar-refractivity contribution in [1.82, 2.24) is 14.7 Å². The summed E-state index contributed by atoms with van der Waals surface area (Å²) in [5.41, 5.74) is 8.36. The van der Waals surface area contributed by atoms with Gasteiger partial charge in [-0.1, -0.05) is 31.2 Å². The molecule has 4 nitrogen and oxygen atoms in total. The van der Waals surface area contributed by atoms with Crippen molar-refractivity contribution in [2.75, 3.05) is 18.8 Å². The molecule has 0 aliphatic carbocycles. The zero-order valence-corrected chi connectivity index (χ0v) is 11.7. The minimum atomic E-state index is 0.585. The number of nitrogen functional groups attached to an aromatic ring is 1. The van der Waals surface area contributed by atoms with Crippen LogP contribution >= 0.6 is 0 Å². The number of nitrogens with two attached hydrogens (primary N) is 1.